The molecule has 0 unspecified atom stereocenters. The molecule has 1 aliphatic rings. The van der Waals surface area contributed by atoms with Crippen molar-refractivity contribution in [2.45, 2.75) is 16.8 Å². The molecule has 2 heterocycles. The number of hydrogen-bond donors (Lipinski definition) is 0. The average molecular weight is 445 g/mol. The number of thioether (sulfide) groups is 1. The zero-order valence-corrected chi connectivity index (χ0v) is 18.4. The first-order valence-corrected chi connectivity index (χ1v) is 12.3. The summed E-state index contributed by atoms with van der Waals surface area (Å²) < 4.78 is 37.8. The molecule has 0 bridgehead atoms. The van der Waals surface area contributed by atoms with Crippen molar-refractivity contribution < 1.29 is 17.9 Å². The van der Waals surface area contributed by atoms with Crippen LogP contribution in [0, 0.1) is 6.92 Å². The molecule has 158 valence electrons. The fraction of sp³-hybridized carbons (Fsp3) is 0.318. The van der Waals surface area contributed by atoms with Crippen LogP contribution in [-0.4, -0.2) is 56.4 Å². The lowest BCUT2D eigenvalue weighted by Crippen LogP contribution is -2.40. The number of para-hydroxylation sites is 1. The maximum atomic E-state index is 12.7. The summed E-state index contributed by atoms with van der Waals surface area (Å²) in [5.74, 6) is 1.40. The van der Waals surface area contributed by atoms with E-state index in [9.17, 15) is 8.42 Å². The van der Waals surface area contributed by atoms with Crippen LogP contribution in [0.2, 0.25) is 0 Å². The van der Waals surface area contributed by atoms with E-state index in [1.54, 1.807) is 36.0 Å². The number of benzene rings is 2. The minimum absolute atomic E-state index is 0.280. The lowest BCUT2D eigenvalue weighted by Gasteiger charge is -2.26. The predicted molar refractivity (Wildman–Crippen MR) is 119 cm³/mol. The molecule has 30 heavy (non-hydrogen) atoms. The molecule has 6 nitrogen and oxygen atoms in total. The Hall–Kier alpha value is -2.13. The number of hydrogen-bond acceptors (Lipinski definition) is 6. The van der Waals surface area contributed by atoms with E-state index in [4.69, 9.17) is 14.5 Å². The van der Waals surface area contributed by atoms with Gasteiger partial charge < -0.3 is 9.47 Å². The van der Waals surface area contributed by atoms with Gasteiger partial charge >= 0.3 is 0 Å². The van der Waals surface area contributed by atoms with Crippen molar-refractivity contribution in [1.29, 1.82) is 0 Å². The standard InChI is InChI=1S/C22H24N2O4S2/c1-17-16-22(23-21-5-3-2-4-20(17)21)29-15-14-28-18-6-8-19(9-7-18)30(25,26)24-10-12-27-13-11-24/h2-9,16H,10-15H2,1H3. The van der Waals surface area contributed by atoms with Crippen molar-refractivity contribution in [3.63, 3.8) is 0 Å². The van der Waals surface area contributed by atoms with E-state index in [2.05, 4.69) is 19.1 Å². The van der Waals surface area contributed by atoms with Crippen LogP contribution in [0.25, 0.3) is 10.9 Å². The highest BCUT2D eigenvalue weighted by atomic mass is 32.2. The number of aromatic nitrogens is 1. The van der Waals surface area contributed by atoms with Gasteiger partial charge in [-0.3, -0.25) is 0 Å². The van der Waals surface area contributed by atoms with Gasteiger partial charge in [-0.05, 0) is 48.9 Å². The van der Waals surface area contributed by atoms with Gasteiger partial charge in [-0.1, -0.05) is 18.2 Å². The van der Waals surface area contributed by atoms with Gasteiger partial charge in [0.15, 0.2) is 0 Å². The molecule has 1 saturated heterocycles. The summed E-state index contributed by atoms with van der Waals surface area (Å²) in [6.45, 7) is 4.25. The molecule has 0 saturated carbocycles. The van der Waals surface area contributed by atoms with Crippen molar-refractivity contribution in [2.75, 3.05) is 38.7 Å². The Balaban J connectivity index is 1.31. The number of pyridine rings is 1. The van der Waals surface area contributed by atoms with Crippen LogP contribution in [0.15, 0.2) is 64.5 Å². The van der Waals surface area contributed by atoms with Gasteiger partial charge in [-0.15, -0.1) is 11.8 Å². The van der Waals surface area contributed by atoms with Gasteiger partial charge in [0.05, 0.1) is 35.3 Å². The van der Waals surface area contributed by atoms with Crippen LogP contribution in [0.5, 0.6) is 5.75 Å². The normalized spacial score (nSPS) is 15.4. The maximum Gasteiger partial charge on any atom is 0.243 e. The van der Waals surface area contributed by atoms with Gasteiger partial charge in [0.25, 0.3) is 0 Å². The number of sulfonamides is 1. The fourth-order valence-electron chi connectivity index (χ4n) is 3.34. The summed E-state index contributed by atoms with van der Waals surface area (Å²) in [6.07, 6.45) is 0. The largest absolute Gasteiger partial charge is 0.493 e. The molecule has 1 aliphatic heterocycles. The molecular formula is C22H24N2O4S2. The monoisotopic (exact) mass is 444 g/mol. The van der Waals surface area contributed by atoms with Crippen molar-refractivity contribution in [3.05, 3.63) is 60.2 Å². The van der Waals surface area contributed by atoms with Gasteiger partial charge in [0.1, 0.15) is 5.75 Å². The van der Waals surface area contributed by atoms with Crippen molar-refractivity contribution in [1.82, 2.24) is 9.29 Å². The highest BCUT2D eigenvalue weighted by Crippen LogP contribution is 2.24. The Morgan fingerprint density at radius 2 is 1.83 bits per heavy atom. The molecule has 0 atom stereocenters. The number of ether oxygens (including phenoxy) is 2. The van der Waals surface area contributed by atoms with Crippen LogP contribution in [0.3, 0.4) is 0 Å². The quantitative estimate of drug-likeness (QED) is 0.409. The summed E-state index contributed by atoms with van der Waals surface area (Å²) in [7, 11) is -3.48. The fourth-order valence-corrected chi connectivity index (χ4v) is 5.55. The summed E-state index contributed by atoms with van der Waals surface area (Å²) in [5.41, 5.74) is 2.21. The van der Waals surface area contributed by atoms with Gasteiger partial charge in [-0.25, -0.2) is 13.4 Å². The second-order valence-corrected chi connectivity index (χ2v) is 10.0. The number of fused-ring (bicyclic) bond motifs is 1. The first-order chi connectivity index (χ1) is 14.5. The van der Waals surface area contributed by atoms with E-state index < -0.39 is 10.0 Å². The van der Waals surface area contributed by atoms with Crippen LogP contribution in [0.4, 0.5) is 0 Å². The Kier molecular flexibility index (Phi) is 6.58. The Bertz CT molecular complexity index is 1110. The van der Waals surface area contributed by atoms with Gasteiger partial charge in [0, 0.05) is 24.2 Å². The number of aryl methyl sites for hydroxylation is 1. The number of rotatable bonds is 7. The molecular weight excluding hydrogens is 420 g/mol. The zero-order valence-electron chi connectivity index (χ0n) is 16.8. The van der Waals surface area contributed by atoms with E-state index in [0.717, 1.165) is 16.3 Å². The highest BCUT2D eigenvalue weighted by molar-refractivity contribution is 7.99. The highest BCUT2D eigenvalue weighted by Gasteiger charge is 2.26. The molecule has 0 aliphatic carbocycles. The van der Waals surface area contributed by atoms with Crippen molar-refractivity contribution in [2.24, 2.45) is 0 Å². The molecule has 0 amide bonds. The predicted octanol–water partition coefficient (Wildman–Crippen LogP) is 3.74. The topological polar surface area (TPSA) is 68.7 Å². The Morgan fingerprint density at radius 3 is 2.60 bits per heavy atom. The molecule has 1 aromatic heterocycles. The molecule has 1 fully saturated rings. The Labute approximate surface area is 181 Å². The van der Waals surface area contributed by atoms with Gasteiger partial charge in [0.2, 0.25) is 10.0 Å². The lowest BCUT2D eigenvalue weighted by molar-refractivity contribution is 0.0730. The van der Waals surface area contributed by atoms with Crippen LogP contribution >= 0.6 is 11.8 Å². The van der Waals surface area contributed by atoms with E-state index in [-0.39, 0.29) is 4.90 Å². The summed E-state index contributed by atoms with van der Waals surface area (Å²) >= 11 is 1.64. The smallest absolute Gasteiger partial charge is 0.243 e. The molecule has 0 spiro atoms. The Morgan fingerprint density at radius 1 is 1.10 bits per heavy atom. The lowest BCUT2D eigenvalue weighted by atomic mass is 10.1. The molecule has 3 aromatic rings. The van der Waals surface area contributed by atoms with Crippen LogP contribution < -0.4 is 4.74 Å². The van der Waals surface area contributed by atoms with Crippen molar-refractivity contribution in [3.8, 4) is 5.75 Å². The average Bonchev–Trinajstić information content (AvgIpc) is 2.78. The minimum atomic E-state index is -3.48. The third-order valence-corrected chi connectivity index (χ3v) is 7.72. The first-order valence-electron chi connectivity index (χ1n) is 9.84. The van der Waals surface area contributed by atoms with Crippen LogP contribution in [-0.2, 0) is 14.8 Å². The van der Waals surface area contributed by atoms with Crippen LogP contribution in [0.1, 0.15) is 5.56 Å². The minimum Gasteiger partial charge on any atom is -0.493 e. The van der Waals surface area contributed by atoms with Gasteiger partial charge in [-0.2, -0.15) is 4.31 Å². The molecule has 2 aromatic carbocycles. The molecule has 8 heteroatoms. The second kappa shape index (κ2) is 9.34. The van der Waals surface area contributed by atoms with E-state index in [1.807, 2.05) is 18.2 Å². The second-order valence-electron chi connectivity index (χ2n) is 6.98. The first kappa shape index (κ1) is 21.1. The SMILES string of the molecule is Cc1cc(SCCOc2ccc(S(=O)(=O)N3CCOCC3)cc2)nc2ccccc12. The van der Waals surface area contributed by atoms with E-state index in [1.165, 1.54) is 15.3 Å². The van der Waals surface area contributed by atoms with E-state index in [0.29, 0.717) is 38.7 Å². The third-order valence-electron chi connectivity index (χ3n) is 4.93. The molecule has 4 rings (SSSR count). The molecule has 0 radical (unpaired) electrons. The molecule has 0 N–H and O–H groups in total. The van der Waals surface area contributed by atoms with E-state index >= 15 is 0 Å². The summed E-state index contributed by atoms with van der Waals surface area (Å²) in [6, 6.07) is 16.8. The number of nitrogens with zero attached hydrogens (tertiary/aromatic N) is 2. The summed E-state index contributed by atoms with van der Waals surface area (Å²) in [4.78, 5) is 4.97. The third kappa shape index (κ3) is 4.78. The zero-order chi connectivity index (χ0) is 21.0. The summed E-state index contributed by atoms with van der Waals surface area (Å²) in [5, 5.41) is 2.15. The maximum absolute atomic E-state index is 12.7. The van der Waals surface area contributed by atoms with Crippen molar-refractivity contribution >= 4 is 32.7 Å². The number of morpholine rings is 1.